The summed E-state index contributed by atoms with van der Waals surface area (Å²) >= 11 is 0. The third-order valence-electron chi connectivity index (χ3n) is 2.55. The number of hydrogen-bond acceptors (Lipinski definition) is 4. The molecule has 102 valence electrons. The summed E-state index contributed by atoms with van der Waals surface area (Å²) in [6.45, 7) is 5.01. The van der Waals surface area contributed by atoms with Crippen molar-refractivity contribution < 1.29 is 13.2 Å². The number of aromatic nitrogens is 2. The molecule has 0 atom stereocenters. The lowest BCUT2D eigenvalue weighted by Gasteiger charge is -2.29. The maximum atomic E-state index is 12.3. The summed E-state index contributed by atoms with van der Waals surface area (Å²) in [5, 5.41) is 6.76. The van der Waals surface area contributed by atoms with E-state index in [2.05, 4.69) is 10.2 Å². The molecule has 0 amide bonds. The summed E-state index contributed by atoms with van der Waals surface area (Å²) in [6, 6.07) is 2.23. The van der Waals surface area contributed by atoms with Crippen LogP contribution in [0.2, 0.25) is 0 Å². The summed E-state index contributed by atoms with van der Waals surface area (Å²) in [6.07, 6.45) is -4.46. The van der Waals surface area contributed by atoms with Gasteiger partial charge in [0.25, 0.3) is 0 Å². The van der Waals surface area contributed by atoms with Crippen molar-refractivity contribution in [3.8, 4) is 0 Å². The Morgan fingerprint density at radius 2 is 1.83 bits per heavy atom. The van der Waals surface area contributed by atoms with E-state index in [4.69, 9.17) is 5.73 Å². The van der Waals surface area contributed by atoms with Crippen LogP contribution in [-0.2, 0) is 6.18 Å². The molecule has 1 aromatic rings. The Balaban J connectivity index is 2.80. The molecule has 0 spiro atoms. The fraction of sp³-hybridized carbons (Fsp3) is 0.636. The minimum atomic E-state index is -4.46. The lowest BCUT2D eigenvalue weighted by molar-refractivity contribution is -0.141. The summed E-state index contributed by atoms with van der Waals surface area (Å²) in [4.78, 5) is 1.74. The molecule has 18 heavy (non-hydrogen) atoms. The molecule has 1 heterocycles. The van der Waals surface area contributed by atoms with Crippen LogP contribution in [0, 0.1) is 5.41 Å². The van der Waals surface area contributed by atoms with Crippen molar-refractivity contribution in [1.29, 1.82) is 0 Å². The second-order valence-electron chi connectivity index (χ2n) is 5.00. The molecule has 0 bridgehead atoms. The van der Waals surface area contributed by atoms with Crippen LogP contribution < -0.4 is 10.6 Å². The van der Waals surface area contributed by atoms with E-state index in [0.717, 1.165) is 6.07 Å². The first-order valence-corrected chi connectivity index (χ1v) is 5.48. The van der Waals surface area contributed by atoms with Gasteiger partial charge < -0.3 is 10.6 Å². The van der Waals surface area contributed by atoms with E-state index < -0.39 is 11.9 Å². The van der Waals surface area contributed by atoms with Gasteiger partial charge in [-0.05, 0) is 24.1 Å². The maximum absolute atomic E-state index is 12.3. The molecular formula is C11H17F3N4. The largest absolute Gasteiger partial charge is 0.435 e. The number of nitrogens with two attached hydrogens (primary N) is 1. The average molecular weight is 262 g/mol. The molecule has 1 aromatic heterocycles. The normalized spacial score (nSPS) is 12.6. The third kappa shape index (κ3) is 3.83. The van der Waals surface area contributed by atoms with Gasteiger partial charge in [0.15, 0.2) is 11.5 Å². The lowest BCUT2D eigenvalue weighted by atomic mass is 9.93. The van der Waals surface area contributed by atoms with Crippen LogP contribution in [0.5, 0.6) is 0 Å². The first-order valence-electron chi connectivity index (χ1n) is 5.48. The van der Waals surface area contributed by atoms with Gasteiger partial charge in [-0.1, -0.05) is 13.8 Å². The van der Waals surface area contributed by atoms with E-state index in [0.29, 0.717) is 18.9 Å². The fourth-order valence-electron chi connectivity index (χ4n) is 1.47. The van der Waals surface area contributed by atoms with Gasteiger partial charge in [-0.3, -0.25) is 0 Å². The molecular weight excluding hydrogens is 245 g/mol. The Bertz CT molecular complexity index is 386. The van der Waals surface area contributed by atoms with E-state index in [1.165, 1.54) is 6.07 Å². The van der Waals surface area contributed by atoms with E-state index in [1.807, 2.05) is 13.8 Å². The van der Waals surface area contributed by atoms with Crippen LogP contribution in [0.3, 0.4) is 0 Å². The van der Waals surface area contributed by atoms with Crippen molar-refractivity contribution >= 4 is 5.82 Å². The molecule has 0 aromatic carbocycles. The van der Waals surface area contributed by atoms with Gasteiger partial charge in [0.2, 0.25) is 0 Å². The molecule has 4 nitrogen and oxygen atoms in total. The molecule has 1 rings (SSSR count). The van der Waals surface area contributed by atoms with Crippen molar-refractivity contribution in [3.05, 3.63) is 17.8 Å². The highest BCUT2D eigenvalue weighted by atomic mass is 19.4. The zero-order valence-corrected chi connectivity index (χ0v) is 10.6. The van der Waals surface area contributed by atoms with E-state index in [1.54, 1.807) is 11.9 Å². The van der Waals surface area contributed by atoms with Crippen LogP contribution in [0.1, 0.15) is 19.5 Å². The molecule has 0 radical (unpaired) electrons. The van der Waals surface area contributed by atoms with Crippen molar-refractivity contribution in [2.24, 2.45) is 11.1 Å². The standard InChI is InChI=1S/C11H17F3N4/c1-10(2,6-15)7-18(3)9-5-4-8(16-17-9)11(12,13)14/h4-5H,6-7,15H2,1-3H3. The monoisotopic (exact) mass is 262 g/mol. The number of anilines is 1. The molecule has 2 N–H and O–H groups in total. The first kappa shape index (κ1) is 14.7. The Morgan fingerprint density at radius 1 is 1.22 bits per heavy atom. The number of hydrogen-bond donors (Lipinski definition) is 1. The summed E-state index contributed by atoms with van der Waals surface area (Å²) in [5.74, 6) is 0.393. The quantitative estimate of drug-likeness (QED) is 0.900. The molecule has 0 saturated carbocycles. The smallest absolute Gasteiger partial charge is 0.358 e. The van der Waals surface area contributed by atoms with Crippen LogP contribution in [0.25, 0.3) is 0 Å². The SMILES string of the molecule is CN(CC(C)(C)CN)c1ccc(C(F)(F)F)nn1. The second-order valence-corrected chi connectivity index (χ2v) is 5.00. The molecule has 7 heteroatoms. The lowest BCUT2D eigenvalue weighted by Crippen LogP contribution is -2.37. The molecule has 0 saturated heterocycles. The summed E-state index contributed by atoms with van der Waals surface area (Å²) in [7, 11) is 1.74. The van der Waals surface area contributed by atoms with E-state index in [9.17, 15) is 13.2 Å². The highest BCUT2D eigenvalue weighted by molar-refractivity contribution is 5.36. The Morgan fingerprint density at radius 3 is 2.22 bits per heavy atom. The van der Waals surface area contributed by atoms with Gasteiger partial charge >= 0.3 is 6.18 Å². The Labute approximate surface area is 104 Å². The van der Waals surface area contributed by atoms with Gasteiger partial charge in [0, 0.05) is 13.6 Å². The van der Waals surface area contributed by atoms with Gasteiger partial charge in [0.05, 0.1) is 0 Å². The zero-order chi connectivity index (χ0) is 14.0. The fourth-order valence-corrected chi connectivity index (χ4v) is 1.47. The van der Waals surface area contributed by atoms with Gasteiger partial charge in [0.1, 0.15) is 0 Å². The third-order valence-corrected chi connectivity index (χ3v) is 2.55. The first-order chi connectivity index (χ1) is 8.15. The van der Waals surface area contributed by atoms with Crippen molar-refractivity contribution in [2.45, 2.75) is 20.0 Å². The highest BCUT2D eigenvalue weighted by Crippen LogP contribution is 2.27. The molecule has 0 aliphatic carbocycles. The number of rotatable bonds is 4. The minimum Gasteiger partial charge on any atom is -0.358 e. The number of nitrogens with zero attached hydrogens (tertiary/aromatic N) is 3. The van der Waals surface area contributed by atoms with Crippen LogP contribution in [-0.4, -0.2) is 30.3 Å². The van der Waals surface area contributed by atoms with Gasteiger partial charge in [-0.25, -0.2) is 0 Å². The zero-order valence-electron chi connectivity index (χ0n) is 10.6. The topological polar surface area (TPSA) is 55.0 Å². The van der Waals surface area contributed by atoms with Crippen molar-refractivity contribution in [1.82, 2.24) is 10.2 Å². The van der Waals surface area contributed by atoms with Gasteiger partial charge in [-0.15, -0.1) is 10.2 Å². The number of alkyl halides is 3. The second kappa shape index (κ2) is 5.09. The van der Waals surface area contributed by atoms with Crippen LogP contribution in [0.15, 0.2) is 12.1 Å². The molecule has 0 aliphatic heterocycles. The van der Waals surface area contributed by atoms with E-state index >= 15 is 0 Å². The predicted molar refractivity (Wildman–Crippen MR) is 63.1 cm³/mol. The molecule has 0 aliphatic rings. The van der Waals surface area contributed by atoms with Crippen LogP contribution in [0.4, 0.5) is 19.0 Å². The number of halogens is 3. The van der Waals surface area contributed by atoms with E-state index in [-0.39, 0.29) is 5.41 Å². The predicted octanol–water partition coefficient (Wildman–Crippen LogP) is 1.92. The van der Waals surface area contributed by atoms with Crippen LogP contribution >= 0.6 is 0 Å². The average Bonchev–Trinajstić information content (AvgIpc) is 2.27. The minimum absolute atomic E-state index is 0.140. The highest BCUT2D eigenvalue weighted by Gasteiger charge is 2.33. The van der Waals surface area contributed by atoms with Gasteiger partial charge in [-0.2, -0.15) is 13.2 Å². The molecule has 0 fully saturated rings. The van der Waals surface area contributed by atoms with Crippen molar-refractivity contribution in [2.75, 3.05) is 25.0 Å². The Hall–Kier alpha value is -1.37. The summed E-state index contributed by atoms with van der Waals surface area (Å²) in [5.41, 5.74) is 4.47. The summed E-state index contributed by atoms with van der Waals surface area (Å²) < 4.78 is 36.9. The molecule has 0 unspecified atom stereocenters. The maximum Gasteiger partial charge on any atom is 0.435 e. The Kier molecular flexibility index (Phi) is 4.16. The van der Waals surface area contributed by atoms with Crippen molar-refractivity contribution in [3.63, 3.8) is 0 Å².